The number of nitro benzene ring substituents is 1. The zero-order chi connectivity index (χ0) is 19.9. The number of thiazole rings is 1. The monoisotopic (exact) mass is 398 g/mol. The number of rotatable bonds is 7. The van der Waals surface area contributed by atoms with E-state index in [2.05, 4.69) is 15.6 Å². The molecule has 142 valence electrons. The lowest BCUT2D eigenvalue weighted by molar-refractivity contribution is -0.384. The first-order chi connectivity index (χ1) is 13.5. The number of hydrogen-bond acceptors (Lipinski definition) is 7. The van der Waals surface area contributed by atoms with Crippen LogP contribution in [0.1, 0.15) is 10.4 Å². The Labute approximate surface area is 163 Å². The fourth-order valence-corrected chi connectivity index (χ4v) is 2.79. The largest absolute Gasteiger partial charge is 0.484 e. The fourth-order valence-electron chi connectivity index (χ4n) is 2.26. The van der Waals surface area contributed by atoms with Crippen LogP contribution in [0.15, 0.2) is 60.1 Å². The van der Waals surface area contributed by atoms with Crippen molar-refractivity contribution in [1.29, 1.82) is 0 Å². The van der Waals surface area contributed by atoms with Gasteiger partial charge in [-0.25, -0.2) is 4.98 Å². The number of para-hydroxylation sites is 1. The molecule has 2 aromatic carbocycles. The maximum absolute atomic E-state index is 12.4. The van der Waals surface area contributed by atoms with E-state index >= 15 is 0 Å². The maximum atomic E-state index is 12.4. The zero-order valence-corrected chi connectivity index (χ0v) is 15.1. The summed E-state index contributed by atoms with van der Waals surface area (Å²) in [5.41, 5.74) is 0.438. The van der Waals surface area contributed by atoms with Crippen molar-refractivity contribution in [3.63, 3.8) is 0 Å². The van der Waals surface area contributed by atoms with Crippen molar-refractivity contribution in [3.05, 3.63) is 75.8 Å². The molecule has 3 aromatic rings. The van der Waals surface area contributed by atoms with Gasteiger partial charge >= 0.3 is 0 Å². The fraction of sp³-hybridized carbons (Fsp3) is 0.0556. The van der Waals surface area contributed by atoms with Gasteiger partial charge in [0.25, 0.3) is 17.5 Å². The number of benzene rings is 2. The minimum atomic E-state index is -0.551. The Kier molecular flexibility index (Phi) is 5.92. The second-order valence-electron chi connectivity index (χ2n) is 5.43. The number of amides is 2. The first-order valence-corrected chi connectivity index (χ1v) is 8.88. The third kappa shape index (κ3) is 4.89. The molecule has 28 heavy (non-hydrogen) atoms. The van der Waals surface area contributed by atoms with E-state index in [4.69, 9.17) is 4.74 Å². The van der Waals surface area contributed by atoms with Gasteiger partial charge in [-0.2, -0.15) is 0 Å². The average Bonchev–Trinajstić information content (AvgIpc) is 3.20. The zero-order valence-electron chi connectivity index (χ0n) is 14.3. The Morgan fingerprint density at radius 3 is 2.71 bits per heavy atom. The normalized spacial score (nSPS) is 10.1. The average molecular weight is 398 g/mol. The molecule has 10 heteroatoms. The number of aromatic nitrogens is 1. The van der Waals surface area contributed by atoms with Crippen LogP contribution in [0.2, 0.25) is 0 Å². The molecule has 1 aromatic heterocycles. The summed E-state index contributed by atoms with van der Waals surface area (Å²) in [5.74, 6) is -0.731. The second kappa shape index (κ2) is 8.73. The smallest absolute Gasteiger partial charge is 0.273 e. The number of nitrogens with one attached hydrogen (secondary N) is 2. The molecule has 0 spiro atoms. The molecule has 0 aliphatic carbocycles. The van der Waals surface area contributed by atoms with E-state index in [9.17, 15) is 19.7 Å². The lowest BCUT2D eigenvalue weighted by Gasteiger charge is -2.11. The molecule has 0 saturated heterocycles. The molecule has 3 rings (SSSR count). The number of anilines is 2. The molecule has 2 amide bonds. The van der Waals surface area contributed by atoms with Crippen LogP contribution in [0.5, 0.6) is 5.75 Å². The van der Waals surface area contributed by atoms with E-state index in [1.54, 1.807) is 35.8 Å². The summed E-state index contributed by atoms with van der Waals surface area (Å²) in [6.07, 6.45) is 1.57. The van der Waals surface area contributed by atoms with Crippen molar-refractivity contribution in [1.82, 2.24) is 4.98 Å². The summed E-state index contributed by atoms with van der Waals surface area (Å²) >= 11 is 1.28. The van der Waals surface area contributed by atoms with Gasteiger partial charge in [-0.15, -0.1) is 11.3 Å². The lowest BCUT2D eigenvalue weighted by Crippen LogP contribution is -2.22. The minimum Gasteiger partial charge on any atom is -0.484 e. The number of carbonyl (C=O) groups is 2. The Balaban J connectivity index is 1.63. The van der Waals surface area contributed by atoms with E-state index in [0.29, 0.717) is 10.8 Å². The van der Waals surface area contributed by atoms with E-state index in [1.165, 1.54) is 35.6 Å². The summed E-state index contributed by atoms with van der Waals surface area (Å²) in [7, 11) is 0. The van der Waals surface area contributed by atoms with Crippen LogP contribution in [0, 0.1) is 10.1 Å². The molecule has 1 heterocycles. The first kappa shape index (κ1) is 19.0. The molecule has 0 fully saturated rings. The van der Waals surface area contributed by atoms with Gasteiger partial charge in [-0.3, -0.25) is 25.0 Å². The highest BCUT2D eigenvalue weighted by Crippen LogP contribution is 2.20. The van der Waals surface area contributed by atoms with Crippen LogP contribution in [0.4, 0.5) is 16.5 Å². The SMILES string of the molecule is O=C(COc1cccc([N+](=O)[O-])c1)Nc1ccccc1C(=O)Nc1nccs1. The summed E-state index contributed by atoms with van der Waals surface area (Å²) in [4.78, 5) is 38.8. The second-order valence-corrected chi connectivity index (χ2v) is 6.32. The van der Waals surface area contributed by atoms with Crippen LogP contribution >= 0.6 is 11.3 Å². The van der Waals surface area contributed by atoms with Crippen molar-refractivity contribution >= 4 is 39.7 Å². The molecular formula is C18H14N4O5S. The van der Waals surface area contributed by atoms with E-state index in [0.717, 1.165) is 0 Å². The van der Waals surface area contributed by atoms with Crippen LogP contribution < -0.4 is 15.4 Å². The van der Waals surface area contributed by atoms with Crippen molar-refractivity contribution in [2.24, 2.45) is 0 Å². The summed E-state index contributed by atoms with van der Waals surface area (Å²) < 4.78 is 5.29. The first-order valence-electron chi connectivity index (χ1n) is 8.00. The Morgan fingerprint density at radius 2 is 1.96 bits per heavy atom. The van der Waals surface area contributed by atoms with Gasteiger partial charge in [-0.05, 0) is 18.2 Å². The Hall–Kier alpha value is -3.79. The highest BCUT2D eigenvalue weighted by molar-refractivity contribution is 7.13. The molecule has 0 unspecified atom stereocenters. The summed E-state index contributed by atoms with van der Waals surface area (Å²) in [6.45, 7) is -0.371. The number of ether oxygens (including phenoxy) is 1. The maximum Gasteiger partial charge on any atom is 0.273 e. The molecule has 9 nitrogen and oxygen atoms in total. The van der Waals surface area contributed by atoms with Crippen LogP contribution in [0.25, 0.3) is 0 Å². The number of hydrogen-bond donors (Lipinski definition) is 2. The van der Waals surface area contributed by atoms with Crippen LogP contribution in [0.3, 0.4) is 0 Å². The van der Waals surface area contributed by atoms with Gasteiger partial charge < -0.3 is 10.1 Å². The molecule has 0 saturated carbocycles. The van der Waals surface area contributed by atoms with Crippen molar-refractivity contribution in [3.8, 4) is 5.75 Å². The van der Waals surface area contributed by atoms with Crippen molar-refractivity contribution in [2.75, 3.05) is 17.2 Å². The molecule has 2 N–H and O–H groups in total. The molecule has 0 atom stereocenters. The van der Waals surface area contributed by atoms with Crippen LogP contribution in [-0.2, 0) is 4.79 Å². The molecular weight excluding hydrogens is 384 g/mol. The summed E-state index contributed by atoms with van der Waals surface area (Å²) in [5, 5.41) is 18.2. The van der Waals surface area contributed by atoms with Crippen LogP contribution in [-0.4, -0.2) is 28.3 Å². The van der Waals surface area contributed by atoms with Gasteiger partial charge in [0, 0.05) is 17.6 Å². The van der Waals surface area contributed by atoms with Gasteiger partial charge in [0.2, 0.25) is 0 Å². The van der Waals surface area contributed by atoms with Crippen molar-refractivity contribution in [2.45, 2.75) is 0 Å². The number of nitrogens with zero attached hydrogens (tertiary/aromatic N) is 2. The van der Waals surface area contributed by atoms with E-state index in [-0.39, 0.29) is 23.6 Å². The Bertz CT molecular complexity index is 1010. The number of nitro groups is 1. The number of carbonyl (C=O) groups excluding carboxylic acids is 2. The minimum absolute atomic E-state index is 0.137. The Morgan fingerprint density at radius 1 is 1.14 bits per heavy atom. The predicted molar refractivity (Wildman–Crippen MR) is 104 cm³/mol. The third-order valence-electron chi connectivity index (χ3n) is 3.50. The molecule has 0 aliphatic heterocycles. The predicted octanol–water partition coefficient (Wildman–Crippen LogP) is 3.32. The van der Waals surface area contributed by atoms with Gasteiger partial charge in [0.1, 0.15) is 5.75 Å². The van der Waals surface area contributed by atoms with E-state index < -0.39 is 16.7 Å². The third-order valence-corrected chi connectivity index (χ3v) is 4.19. The topological polar surface area (TPSA) is 123 Å². The number of non-ortho nitro benzene ring substituents is 1. The molecule has 0 aliphatic rings. The van der Waals surface area contributed by atoms with Gasteiger partial charge in [0.05, 0.1) is 22.2 Å². The summed E-state index contributed by atoms with van der Waals surface area (Å²) in [6, 6.07) is 12.0. The van der Waals surface area contributed by atoms with Gasteiger partial charge in [0.15, 0.2) is 11.7 Å². The van der Waals surface area contributed by atoms with Gasteiger partial charge in [-0.1, -0.05) is 18.2 Å². The molecule has 0 radical (unpaired) electrons. The highest BCUT2D eigenvalue weighted by atomic mass is 32.1. The lowest BCUT2D eigenvalue weighted by atomic mass is 10.1. The molecule has 0 bridgehead atoms. The highest BCUT2D eigenvalue weighted by Gasteiger charge is 2.15. The van der Waals surface area contributed by atoms with E-state index in [1.807, 2.05) is 0 Å². The van der Waals surface area contributed by atoms with Crippen molar-refractivity contribution < 1.29 is 19.2 Å². The standard InChI is InChI=1S/C18H14N4O5S/c23-16(11-27-13-5-3-4-12(10-13)22(25)26)20-15-7-2-1-6-14(15)17(24)21-18-19-8-9-28-18/h1-10H,11H2,(H,20,23)(H,19,21,24). The quantitative estimate of drug-likeness (QED) is 0.465.